The van der Waals surface area contributed by atoms with Crippen LogP contribution in [-0.4, -0.2) is 32.7 Å². The number of rotatable bonds is 4. The zero-order valence-electron chi connectivity index (χ0n) is 11.8. The highest BCUT2D eigenvalue weighted by atomic mass is 32.2. The number of carboxylic acid groups (broad SMARTS) is 1. The molecule has 1 fully saturated rings. The van der Waals surface area contributed by atoms with Gasteiger partial charge in [0, 0.05) is 4.88 Å². The minimum Gasteiger partial charge on any atom is -0.480 e. The van der Waals surface area contributed by atoms with Crippen LogP contribution in [0.3, 0.4) is 0 Å². The molecule has 1 saturated heterocycles. The molecule has 2 heterocycles. The largest absolute Gasteiger partial charge is 0.480 e. The molecule has 7 heteroatoms. The Balaban J connectivity index is 1.83. The standard InChI is InChI=1S/C16H11NO3S3/c18-14(19)8-17-15(20)13(23-16(17)21)7-12-6-11(9-22-12)10-4-2-1-3-5-10/h1-7,9H,8H2,(H,18,19)/b13-7+. The van der Waals surface area contributed by atoms with Crippen molar-refractivity contribution in [3.05, 3.63) is 51.6 Å². The number of thiophene rings is 1. The van der Waals surface area contributed by atoms with E-state index in [4.69, 9.17) is 17.3 Å². The molecule has 0 unspecified atom stereocenters. The number of benzene rings is 1. The van der Waals surface area contributed by atoms with E-state index in [1.54, 1.807) is 6.08 Å². The minimum atomic E-state index is -1.08. The fourth-order valence-electron chi connectivity index (χ4n) is 2.11. The average molecular weight is 361 g/mol. The molecule has 0 aliphatic carbocycles. The minimum absolute atomic E-state index is 0.281. The van der Waals surface area contributed by atoms with Gasteiger partial charge in [-0.15, -0.1) is 11.3 Å². The van der Waals surface area contributed by atoms with Gasteiger partial charge in [0.25, 0.3) is 5.91 Å². The number of thioether (sulfide) groups is 1. The second kappa shape index (κ2) is 6.66. The van der Waals surface area contributed by atoms with Gasteiger partial charge >= 0.3 is 5.97 Å². The van der Waals surface area contributed by atoms with Gasteiger partial charge in [-0.1, -0.05) is 54.3 Å². The van der Waals surface area contributed by atoms with Crippen LogP contribution in [0.4, 0.5) is 0 Å². The third kappa shape index (κ3) is 3.52. The first kappa shape index (κ1) is 15.9. The van der Waals surface area contributed by atoms with Gasteiger partial charge in [0.1, 0.15) is 10.9 Å². The van der Waals surface area contributed by atoms with E-state index in [0.29, 0.717) is 4.91 Å². The zero-order chi connectivity index (χ0) is 16.4. The molecule has 0 atom stereocenters. The molecular weight excluding hydrogens is 350 g/mol. The molecule has 1 N–H and O–H groups in total. The zero-order valence-corrected chi connectivity index (χ0v) is 14.2. The number of hydrogen-bond donors (Lipinski definition) is 1. The van der Waals surface area contributed by atoms with Gasteiger partial charge in [0.15, 0.2) is 0 Å². The molecule has 0 radical (unpaired) electrons. The van der Waals surface area contributed by atoms with Crippen molar-refractivity contribution in [3.63, 3.8) is 0 Å². The van der Waals surface area contributed by atoms with Crippen molar-refractivity contribution in [2.24, 2.45) is 0 Å². The first-order valence-corrected chi connectivity index (χ1v) is 8.76. The van der Waals surface area contributed by atoms with Crippen molar-refractivity contribution in [2.45, 2.75) is 0 Å². The second-order valence-electron chi connectivity index (χ2n) is 4.77. The van der Waals surface area contributed by atoms with Crippen LogP contribution < -0.4 is 0 Å². The molecular formula is C16H11NO3S3. The van der Waals surface area contributed by atoms with Gasteiger partial charge in [-0.2, -0.15) is 0 Å². The van der Waals surface area contributed by atoms with E-state index in [-0.39, 0.29) is 10.2 Å². The summed E-state index contributed by atoms with van der Waals surface area (Å²) in [6.45, 7) is -0.401. The van der Waals surface area contributed by atoms with Crippen molar-refractivity contribution >= 4 is 57.6 Å². The Morgan fingerprint density at radius 1 is 1.26 bits per heavy atom. The summed E-state index contributed by atoms with van der Waals surface area (Å²) in [6.07, 6.45) is 1.76. The molecule has 116 valence electrons. The summed E-state index contributed by atoms with van der Waals surface area (Å²) in [6, 6.07) is 12.0. The molecule has 1 aliphatic heterocycles. The summed E-state index contributed by atoms with van der Waals surface area (Å²) in [5.74, 6) is -1.43. The number of hydrogen-bond acceptors (Lipinski definition) is 5. The summed E-state index contributed by atoms with van der Waals surface area (Å²) in [5, 5.41) is 10.9. The van der Waals surface area contributed by atoms with Crippen molar-refractivity contribution in [2.75, 3.05) is 6.54 Å². The predicted octanol–water partition coefficient (Wildman–Crippen LogP) is 3.70. The molecule has 1 amide bonds. The van der Waals surface area contributed by atoms with E-state index in [1.807, 2.05) is 41.8 Å². The number of carbonyl (C=O) groups is 2. The van der Waals surface area contributed by atoms with E-state index in [2.05, 4.69) is 0 Å². The Morgan fingerprint density at radius 3 is 2.70 bits per heavy atom. The lowest BCUT2D eigenvalue weighted by Crippen LogP contribution is -2.33. The van der Waals surface area contributed by atoms with Gasteiger partial charge in [-0.05, 0) is 28.6 Å². The van der Waals surface area contributed by atoms with Crippen LogP contribution in [0.1, 0.15) is 4.88 Å². The highest BCUT2D eigenvalue weighted by molar-refractivity contribution is 8.26. The van der Waals surface area contributed by atoms with Gasteiger partial charge in [0.2, 0.25) is 0 Å². The Morgan fingerprint density at radius 2 is 2.00 bits per heavy atom. The van der Waals surface area contributed by atoms with E-state index in [1.165, 1.54) is 11.3 Å². The highest BCUT2D eigenvalue weighted by Crippen LogP contribution is 2.34. The van der Waals surface area contributed by atoms with E-state index in [0.717, 1.165) is 32.7 Å². The Labute approximate surface area is 146 Å². The molecule has 23 heavy (non-hydrogen) atoms. The van der Waals surface area contributed by atoms with Crippen LogP contribution in [-0.2, 0) is 9.59 Å². The number of carbonyl (C=O) groups excluding carboxylic acids is 1. The first-order chi connectivity index (χ1) is 11.0. The third-order valence-corrected chi connectivity index (χ3v) is 5.42. The van der Waals surface area contributed by atoms with Crippen molar-refractivity contribution < 1.29 is 14.7 Å². The molecule has 2 aromatic rings. The smallest absolute Gasteiger partial charge is 0.323 e. The maximum atomic E-state index is 12.2. The molecule has 4 nitrogen and oxygen atoms in total. The molecule has 0 saturated carbocycles. The predicted molar refractivity (Wildman–Crippen MR) is 97.3 cm³/mol. The first-order valence-electron chi connectivity index (χ1n) is 6.66. The van der Waals surface area contributed by atoms with Gasteiger partial charge in [-0.3, -0.25) is 14.5 Å². The lowest BCUT2D eigenvalue weighted by atomic mass is 10.1. The van der Waals surface area contributed by atoms with Crippen LogP contribution >= 0.6 is 35.3 Å². The molecule has 1 aromatic heterocycles. The quantitative estimate of drug-likeness (QED) is 0.665. The van der Waals surface area contributed by atoms with Crippen LogP contribution in [0.5, 0.6) is 0 Å². The van der Waals surface area contributed by atoms with E-state index in [9.17, 15) is 9.59 Å². The third-order valence-electron chi connectivity index (χ3n) is 3.17. The Kier molecular flexibility index (Phi) is 4.61. The van der Waals surface area contributed by atoms with E-state index < -0.39 is 12.5 Å². The van der Waals surface area contributed by atoms with Crippen LogP contribution in [0.25, 0.3) is 17.2 Å². The van der Waals surface area contributed by atoms with Crippen molar-refractivity contribution in [1.82, 2.24) is 4.90 Å². The monoisotopic (exact) mass is 361 g/mol. The van der Waals surface area contributed by atoms with E-state index >= 15 is 0 Å². The van der Waals surface area contributed by atoms with Crippen molar-refractivity contribution in [1.29, 1.82) is 0 Å². The summed E-state index contributed by atoms with van der Waals surface area (Å²) in [7, 11) is 0. The van der Waals surface area contributed by atoms with Crippen LogP contribution in [0, 0.1) is 0 Å². The van der Waals surface area contributed by atoms with Crippen LogP contribution in [0.2, 0.25) is 0 Å². The van der Waals surface area contributed by atoms with Crippen molar-refractivity contribution in [3.8, 4) is 11.1 Å². The molecule has 0 bridgehead atoms. The molecule has 1 aromatic carbocycles. The Bertz CT molecular complexity index is 811. The molecule has 1 aliphatic rings. The lowest BCUT2D eigenvalue weighted by Gasteiger charge is -2.09. The number of nitrogens with zero attached hydrogens (tertiary/aromatic N) is 1. The number of amides is 1. The van der Waals surface area contributed by atoms with Gasteiger partial charge in [-0.25, -0.2) is 0 Å². The lowest BCUT2D eigenvalue weighted by molar-refractivity contribution is -0.140. The molecule has 0 spiro atoms. The summed E-state index contributed by atoms with van der Waals surface area (Å²) >= 11 is 7.74. The number of aliphatic carboxylic acids is 1. The number of thiocarbonyl (C=S) groups is 1. The number of carboxylic acids is 1. The Hall–Kier alpha value is -1.96. The topological polar surface area (TPSA) is 57.6 Å². The average Bonchev–Trinajstić information content (AvgIpc) is 3.09. The highest BCUT2D eigenvalue weighted by Gasteiger charge is 2.33. The maximum Gasteiger partial charge on any atom is 0.323 e. The SMILES string of the molecule is O=C(O)CN1C(=O)/C(=C\c2cc(-c3ccccc3)cs2)SC1=S. The fourth-order valence-corrected chi connectivity index (χ4v) is 4.28. The second-order valence-corrected chi connectivity index (χ2v) is 7.38. The fraction of sp³-hybridized carbons (Fsp3) is 0.0625. The maximum absolute atomic E-state index is 12.2. The summed E-state index contributed by atoms with van der Waals surface area (Å²) in [5.41, 5.74) is 2.20. The normalized spacial score (nSPS) is 16.3. The van der Waals surface area contributed by atoms with Crippen LogP contribution in [0.15, 0.2) is 46.7 Å². The van der Waals surface area contributed by atoms with Gasteiger partial charge < -0.3 is 5.11 Å². The summed E-state index contributed by atoms with van der Waals surface area (Å²) < 4.78 is 0.281. The molecule has 3 rings (SSSR count). The summed E-state index contributed by atoms with van der Waals surface area (Å²) in [4.78, 5) is 25.5. The van der Waals surface area contributed by atoms with Gasteiger partial charge in [0.05, 0.1) is 4.91 Å².